The number of aromatic amines is 1. The Morgan fingerprint density at radius 3 is 2.55 bits per heavy atom. The van der Waals surface area contributed by atoms with Crippen LogP contribution in [0.5, 0.6) is 0 Å². The van der Waals surface area contributed by atoms with Crippen LogP contribution in [0.2, 0.25) is 0 Å². The van der Waals surface area contributed by atoms with Gasteiger partial charge >= 0.3 is 0 Å². The molecule has 146 valence electrons. The highest BCUT2D eigenvalue weighted by Gasteiger charge is 2.14. The molecule has 0 aliphatic carbocycles. The Bertz CT molecular complexity index is 1190. The summed E-state index contributed by atoms with van der Waals surface area (Å²) in [6.45, 7) is 7.80. The Kier molecular flexibility index (Phi) is 4.80. The van der Waals surface area contributed by atoms with Crippen molar-refractivity contribution < 1.29 is 8.78 Å². The molecule has 2 N–H and O–H groups in total. The second kappa shape index (κ2) is 7.43. The quantitative estimate of drug-likeness (QED) is 0.488. The van der Waals surface area contributed by atoms with Crippen LogP contribution in [0, 0.1) is 18.6 Å². The van der Waals surface area contributed by atoms with Crippen LogP contribution >= 0.6 is 0 Å². The van der Waals surface area contributed by atoms with Crippen LogP contribution in [0.25, 0.3) is 27.9 Å². The number of nitrogens with zero attached hydrogens (tertiary/aromatic N) is 3. The Morgan fingerprint density at radius 1 is 1.14 bits per heavy atom. The second-order valence-electron chi connectivity index (χ2n) is 6.74. The van der Waals surface area contributed by atoms with E-state index in [0.717, 1.165) is 52.4 Å². The number of halogens is 2. The maximum Gasteiger partial charge on any atom is 0.153 e. The maximum absolute atomic E-state index is 13.9. The molecule has 0 fully saturated rings. The summed E-state index contributed by atoms with van der Waals surface area (Å²) < 4.78 is 27.7. The first kappa shape index (κ1) is 18.7. The number of nitrogens with one attached hydrogen (secondary N) is 2. The topological polar surface area (TPSA) is 66.5 Å². The van der Waals surface area contributed by atoms with Crippen LogP contribution in [0.1, 0.15) is 23.9 Å². The van der Waals surface area contributed by atoms with Crippen molar-refractivity contribution in [1.82, 2.24) is 19.9 Å². The fourth-order valence-electron chi connectivity index (χ4n) is 3.24. The summed E-state index contributed by atoms with van der Waals surface area (Å²) in [6.07, 6.45) is 4.43. The van der Waals surface area contributed by atoms with Gasteiger partial charge in [-0.15, -0.1) is 0 Å². The average molecular weight is 391 g/mol. The highest BCUT2D eigenvalue weighted by Crippen LogP contribution is 2.28. The number of imidazole rings is 1. The van der Waals surface area contributed by atoms with Crippen molar-refractivity contribution in [1.29, 1.82) is 0 Å². The van der Waals surface area contributed by atoms with Crippen LogP contribution in [0.15, 0.2) is 49.4 Å². The molecule has 3 heterocycles. The molecule has 29 heavy (non-hydrogen) atoms. The summed E-state index contributed by atoms with van der Waals surface area (Å²) in [7, 11) is 0. The van der Waals surface area contributed by atoms with E-state index in [-0.39, 0.29) is 11.3 Å². The molecule has 7 heteroatoms. The molecule has 4 rings (SSSR count). The minimum absolute atomic E-state index is 0.0730. The molecular weight excluding hydrogens is 372 g/mol. The van der Waals surface area contributed by atoms with Gasteiger partial charge in [0.2, 0.25) is 0 Å². The Labute approximate surface area is 166 Å². The highest BCUT2D eigenvalue weighted by atomic mass is 19.1. The number of H-pyrrole nitrogens is 1. The molecule has 4 aromatic rings. The van der Waals surface area contributed by atoms with Crippen molar-refractivity contribution in [3.05, 3.63) is 78.0 Å². The van der Waals surface area contributed by atoms with Gasteiger partial charge in [0.25, 0.3) is 0 Å². The average Bonchev–Trinajstić information content (AvgIpc) is 3.10. The van der Waals surface area contributed by atoms with Gasteiger partial charge in [0, 0.05) is 23.9 Å². The van der Waals surface area contributed by atoms with Gasteiger partial charge in [0.15, 0.2) is 11.6 Å². The van der Waals surface area contributed by atoms with Gasteiger partial charge in [-0.1, -0.05) is 13.5 Å². The lowest BCUT2D eigenvalue weighted by Gasteiger charge is -2.11. The summed E-state index contributed by atoms with van der Waals surface area (Å²) >= 11 is 0. The standard InChI is InChI=1S/C22H19F2N5/c1-4-20-28-18-7-12(2)15(8-19(18)29-20)14-5-6-21(26-9-14)27-13(3)22-16(23)10-25-11-17(22)24/h5-11H,3-4H2,1-2H3,(H,26,27)(H,28,29). The maximum atomic E-state index is 13.9. The smallest absolute Gasteiger partial charge is 0.153 e. The molecule has 0 unspecified atom stereocenters. The molecule has 1 aromatic carbocycles. The molecule has 5 nitrogen and oxygen atoms in total. The summed E-state index contributed by atoms with van der Waals surface area (Å²) in [6, 6.07) is 7.73. The second-order valence-corrected chi connectivity index (χ2v) is 6.74. The third kappa shape index (κ3) is 3.59. The van der Waals surface area contributed by atoms with Crippen molar-refractivity contribution in [3.8, 4) is 11.1 Å². The predicted molar refractivity (Wildman–Crippen MR) is 110 cm³/mol. The third-order valence-electron chi connectivity index (χ3n) is 4.72. The fraction of sp³-hybridized carbons (Fsp3) is 0.136. The number of anilines is 1. The zero-order valence-electron chi connectivity index (χ0n) is 16.1. The van der Waals surface area contributed by atoms with E-state index in [4.69, 9.17) is 0 Å². The Hall–Kier alpha value is -3.61. The van der Waals surface area contributed by atoms with E-state index in [1.54, 1.807) is 12.3 Å². The van der Waals surface area contributed by atoms with Crippen molar-refractivity contribution in [2.45, 2.75) is 20.3 Å². The van der Waals surface area contributed by atoms with Gasteiger partial charge in [-0.2, -0.15) is 0 Å². The van der Waals surface area contributed by atoms with Crippen molar-refractivity contribution >= 4 is 22.5 Å². The first-order chi connectivity index (χ1) is 14.0. The monoisotopic (exact) mass is 391 g/mol. The fourth-order valence-corrected chi connectivity index (χ4v) is 3.24. The molecule has 0 radical (unpaired) electrons. The zero-order valence-corrected chi connectivity index (χ0v) is 16.1. The predicted octanol–water partition coefficient (Wildman–Crippen LogP) is 5.25. The van der Waals surface area contributed by atoms with E-state index in [0.29, 0.717) is 5.82 Å². The van der Waals surface area contributed by atoms with E-state index >= 15 is 0 Å². The number of hydrogen-bond acceptors (Lipinski definition) is 4. The lowest BCUT2D eigenvalue weighted by atomic mass is 10.0. The van der Waals surface area contributed by atoms with E-state index < -0.39 is 11.6 Å². The normalized spacial score (nSPS) is 11.0. The number of pyridine rings is 2. The van der Waals surface area contributed by atoms with Crippen LogP contribution < -0.4 is 5.32 Å². The summed E-state index contributed by atoms with van der Waals surface area (Å²) in [5.41, 5.74) is 4.77. The van der Waals surface area contributed by atoms with Crippen molar-refractivity contribution in [3.63, 3.8) is 0 Å². The van der Waals surface area contributed by atoms with E-state index in [1.165, 1.54) is 0 Å². The molecule has 3 aromatic heterocycles. The first-order valence-corrected chi connectivity index (χ1v) is 9.17. The van der Waals surface area contributed by atoms with Crippen LogP contribution in [-0.4, -0.2) is 19.9 Å². The van der Waals surface area contributed by atoms with Crippen molar-refractivity contribution in [2.24, 2.45) is 0 Å². The lowest BCUT2D eigenvalue weighted by molar-refractivity contribution is 0.567. The van der Waals surface area contributed by atoms with Gasteiger partial charge in [-0.05, 0) is 42.3 Å². The molecule has 0 aliphatic rings. The molecule has 0 atom stereocenters. The third-order valence-corrected chi connectivity index (χ3v) is 4.72. The molecule has 0 amide bonds. The van der Waals surface area contributed by atoms with E-state index in [9.17, 15) is 8.78 Å². The molecule has 0 saturated carbocycles. The summed E-state index contributed by atoms with van der Waals surface area (Å²) in [5.74, 6) is -0.188. The molecule has 0 aliphatic heterocycles. The van der Waals surface area contributed by atoms with Gasteiger partial charge in [0.05, 0.1) is 29.0 Å². The molecule has 0 spiro atoms. The van der Waals surface area contributed by atoms with Gasteiger partial charge in [-0.3, -0.25) is 4.98 Å². The number of aromatic nitrogens is 4. The highest BCUT2D eigenvalue weighted by molar-refractivity contribution is 5.84. The summed E-state index contributed by atoms with van der Waals surface area (Å²) in [5, 5.41) is 2.84. The van der Waals surface area contributed by atoms with Crippen molar-refractivity contribution in [2.75, 3.05) is 5.32 Å². The van der Waals surface area contributed by atoms with Gasteiger partial charge < -0.3 is 10.3 Å². The first-order valence-electron chi connectivity index (χ1n) is 9.17. The van der Waals surface area contributed by atoms with Gasteiger partial charge in [0.1, 0.15) is 11.6 Å². The SMILES string of the molecule is C=C(Nc1ccc(-c2cc3nc(CC)[nH]c3cc2C)cn1)c1c(F)cncc1F. The summed E-state index contributed by atoms with van der Waals surface area (Å²) in [4.78, 5) is 15.7. The lowest BCUT2D eigenvalue weighted by Crippen LogP contribution is -2.04. The Morgan fingerprint density at radius 2 is 1.90 bits per heavy atom. The minimum Gasteiger partial charge on any atom is -0.342 e. The largest absolute Gasteiger partial charge is 0.342 e. The van der Waals surface area contributed by atoms with Gasteiger partial charge in [-0.25, -0.2) is 18.7 Å². The number of benzene rings is 1. The number of rotatable bonds is 5. The van der Waals surface area contributed by atoms with E-state index in [2.05, 4.69) is 44.8 Å². The molecular formula is C22H19F2N5. The zero-order chi connectivity index (χ0) is 20.5. The van der Waals surface area contributed by atoms with Crippen LogP contribution in [0.4, 0.5) is 14.6 Å². The number of fused-ring (bicyclic) bond motifs is 1. The van der Waals surface area contributed by atoms with Crippen LogP contribution in [0.3, 0.4) is 0 Å². The van der Waals surface area contributed by atoms with E-state index in [1.807, 2.05) is 19.1 Å². The minimum atomic E-state index is -0.784. The molecule has 0 saturated heterocycles. The molecule has 0 bridgehead atoms. The Balaban J connectivity index is 1.60. The number of aryl methyl sites for hydroxylation is 2. The number of hydrogen-bond donors (Lipinski definition) is 2. The van der Waals surface area contributed by atoms with Crippen LogP contribution in [-0.2, 0) is 6.42 Å².